The second-order valence-electron chi connectivity index (χ2n) is 6.14. The van der Waals surface area contributed by atoms with E-state index in [1.807, 2.05) is 12.1 Å². The Labute approximate surface area is 151 Å². The molecule has 0 saturated heterocycles. The molecule has 0 spiro atoms. The average molecular weight is 350 g/mol. The van der Waals surface area contributed by atoms with Gasteiger partial charge >= 0.3 is 0 Å². The van der Waals surface area contributed by atoms with Crippen molar-refractivity contribution in [2.75, 3.05) is 10.6 Å². The van der Waals surface area contributed by atoms with E-state index < -0.39 is 11.7 Å². The van der Waals surface area contributed by atoms with Gasteiger partial charge in [0.15, 0.2) is 11.5 Å². The van der Waals surface area contributed by atoms with Crippen molar-refractivity contribution in [1.29, 1.82) is 0 Å². The van der Waals surface area contributed by atoms with Crippen LogP contribution in [0.1, 0.15) is 35.8 Å². The molecule has 0 radical (unpaired) electrons. The summed E-state index contributed by atoms with van der Waals surface area (Å²) in [6.45, 7) is 4.28. The van der Waals surface area contributed by atoms with Crippen molar-refractivity contribution in [2.45, 2.75) is 19.8 Å². The van der Waals surface area contributed by atoms with Crippen molar-refractivity contribution in [3.8, 4) is 0 Å². The minimum absolute atomic E-state index is 0.103. The van der Waals surface area contributed by atoms with Crippen molar-refractivity contribution in [3.63, 3.8) is 0 Å². The van der Waals surface area contributed by atoms with Gasteiger partial charge in [-0.25, -0.2) is 4.39 Å². The number of halogens is 1. The number of nitrogens with zero attached hydrogens (tertiary/aromatic N) is 2. The first-order valence-corrected chi connectivity index (χ1v) is 8.29. The Morgan fingerprint density at radius 2 is 1.69 bits per heavy atom. The van der Waals surface area contributed by atoms with E-state index in [1.54, 1.807) is 18.2 Å². The number of nitrogens with one attached hydrogen (secondary N) is 2. The van der Waals surface area contributed by atoms with Crippen LogP contribution in [-0.4, -0.2) is 16.1 Å². The number of aromatic nitrogens is 2. The highest BCUT2D eigenvalue weighted by molar-refractivity contribution is 6.02. The summed E-state index contributed by atoms with van der Waals surface area (Å²) in [5.41, 5.74) is 2.34. The minimum Gasteiger partial charge on any atom is -0.339 e. The van der Waals surface area contributed by atoms with Gasteiger partial charge in [0.25, 0.3) is 5.91 Å². The van der Waals surface area contributed by atoms with Crippen molar-refractivity contribution in [2.24, 2.45) is 0 Å². The molecule has 132 valence electrons. The van der Waals surface area contributed by atoms with Crippen LogP contribution < -0.4 is 10.6 Å². The van der Waals surface area contributed by atoms with Crippen molar-refractivity contribution < 1.29 is 9.18 Å². The molecule has 2 aromatic carbocycles. The number of hydrogen-bond donors (Lipinski definition) is 2. The zero-order chi connectivity index (χ0) is 18.5. The predicted molar refractivity (Wildman–Crippen MR) is 100 cm³/mol. The van der Waals surface area contributed by atoms with Crippen molar-refractivity contribution >= 4 is 23.1 Å². The van der Waals surface area contributed by atoms with E-state index in [4.69, 9.17) is 0 Å². The van der Waals surface area contributed by atoms with E-state index >= 15 is 0 Å². The Kier molecular flexibility index (Phi) is 5.22. The molecular weight excluding hydrogens is 331 g/mol. The lowest BCUT2D eigenvalue weighted by Gasteiger charge is -2.09. The third-order valence-corrected chi connectivity index (χ3v) is 3.87. The first kappa shape index (κ1) is 17.5. The van der Waals surface area contributed by atoms with Gasteiger partial charge < -0.3 is 10.6 Å². The van der Waals surface area contributed by atoms with Crippen LogP contribution in [0.2, 0.25) is 0 Å². The normalized spacial score (nSPS) is 10.6. The van der Waals surface area contributed by atoms with E-state index in [2.05, 4.69) is 46.8 Å². The Balaban J connectivity index is 1.66. The van der Waals surface area contributed by atoms with E-state index in [-0.39, 0.29) is 11.4 Å². The van der Waals surface area contributed by atoms with Gasteiger partial charge in [0, 0.05) is 5.69 Å². The first-order chi connectivity index (χ1) is 12.5. The third-order valence-electron chi connectivity index (χ3n) is 3.87. The maximum Gasteiger partial charge on any atom is 0.276 e. The van der Waals surface area contributed by atoms with Gasteiger partial charge in [0.2, 0.25) is 0 Å². The van der Waals surface area contributed by atoms with Crippen molar-refractivity contribution in [1.82, 2.24) is 10.2 Å². The number of amides is 1. The fraction of sp³-hybridized carbons (Fsp3) is 0.150. The first-order valence-electron chi connectivity index (χ1n) is 8.29. The summed E-state index contributed by atoms with van der Waals surface area (Å²) < 4.78 is 13.6. The topological polar surface area (TPSA) is 66.9 Å². The highest BCUT2D eigenvalue weighted by atomic mass is 19.1. The molecule has 3 aromatic rings. The molecule has 0 aliphatic heterocycles. The Morgan fingerprint density at radius 3 is 2.31 bits per heavy atom. The molecule has 6 heteroatoms. The summed E-state index contributed by atoms with van der Waals surface area (Å²) >= 11 is 0. The third kappa shape index (κ3) is 4.22. The van der Waals surface area contributed by atoms with Crippen LogP contribution in [0.25, 0.3) is 0 Å². The number of carbonyl (C=O) groups excluding carboxylic acids is 1. The molecule has 0 saturated carbocycles. The summed E-state index contributed by atoms with van der Waals surface area (Å²) in [5.74, 6) is -0.0341. The molecule has 1 heterocycles. The number of anilines is 3. The number of carbonyl (C=O) groups is 1. The number of benzene rings is 2. The maximum absolute atomic E-state index is 13.6. The van der Waals surface area contributed by atoms with E-state index in [0.717, 1.165) is 5.69 Å². The van der Waals surface area contributed by atoms with Gasteiger partial charge in [-0.15, -0.1) is 10.2 Å². The molecule has 0 aliphatic carbocycles. The summed E-state index contributed by atoms with van der Waals surface area (Å²) in [7, 11) is 0. The zero-order valence-corrected chi connectivity index (χ0v) is 14.5. The number of hydrogen-bond acceptors (Lipinski definition) is 4. The molecule has 26 heavy (non-hydrogen) atoms. The number of para-hydroxylation sites is 1. The Hall–Kier alpha value is -3.28. The van der Waals surface area contributed by atoms with Gasteiger partial charge in [-0.05, 0) is 47.9 Å². The lowest BCUT2D eigenvalue weighted by atomic mass is 10.0. The standard InChI is InChI=1S/C20H19FN4O/c1-13(2)14-7-9-15(10-8-14)22-19-12-11-18(24-25-19)20(26)23-17-6-4-3-5-16(17)21/h3-13H,1-2H3,(H,22,25)(H,23,26). The summed E-state index contributed by atoms with van der Waals surface area (Å²) in [6, 6.07) is 17.2. The largest absolute Gasteiger partial charge is 0.339 e. The molecule has 2 N–H and O–H groups in total. The summed E-state index contributed by atoms with van der Waals surface area (Å²) in [5, 5.41) is 13.5. The highest BCUT2D eigenvalue weighted by Gasteiger charge is 2.11. The van der Waals surface area contributed by atoms with Crippen LogP contribution >= 0.6 is 0 Å². The molecule has 5 nitrogen and oxygen atoms in total. The van der Waals surface area contributed by atoms with E-state index in [9.17, 15) is 9.18 Å². The van der Waals surface area contributed by atoms with Crippen LogP contribution in [0.15, 0.2) is 60.7 Å². The molecule has 3 rings (SSSR count). The molecule has 0 unspecified atom stereocenters. The summed E-state index contributed by atoms with van der Waals surface area (Å²) in [4.78, 5) is 12.1. The van der Waals surface area contributed by atoms with Crippen LogP contribution in [0.5, 0.6) is 0 Å². The minimum atomic E-state index is -0.518. The SMILES string of the molecule is CC(C)c1ccc(Nc2ccc(C(=O)Nc3ccccc3F)nn2)cc1. The molecule has 1 aromatic heterocycles. The van der Waals surface area contributed by atoms with Gasteiger partial charge in [0.1, 0.15) is 5.82 Å². The lowest BCUT2D eigenvalue weighted by Crippen LogP contribution is -2.15. The fourth-order valence-corrected chi connectivity index (χ4v) is 2.37. The van der Waals surface area contributed by atoms with Gasteiger partial charge in [0.05, 0.1) is 5.69 Å². The fourth-order valence-electron chi connectivity index (χ4n) is 2.37. The van der Waals surface area contributed by atoms with Crippen LogP contribution in [-0.2, 0) is 0 Å². The van der Waals surface area contributed by atoms with Gasteiger partial charge in [-0.3, -0.25) is 4.79 Å². The van der Waals surface area contributed by atoms with E-state index in [1.165, 1.54) is 23.8 Å². The molecule has 1 amide bonds. The molecular formula is C20H19FN4O. The van der Waals surface area contributed by atoms with Crippen LogP contribution in [0.4, 0.5) is 21.6 Å². The Bertz CT molecular complexity index is 892. The number of rotatable bonds is 5. The Morgan fingerprint density at radius 1 is 0.962 bits per heavy atom. The molecule has 0 aliphatic rings. The monoisotopic (exact) mass is 350 g/mol. The molecule has 0 atom stereocenters. The highest BCUT2D eigenvalue weighted by Crippen LogP contribution is 2.19. The second-order valence-corrected chi connectivity index (χ2v) is 6.14. The van der Waals surface area contributed by atoms with Crippen molar-refractivity contribution in [3.05, 3.63) is 77.7 Å². The van der Waals surface area contributed by atoms with E-state index in [0.29, 0.717) is 11.7 Å². The molecule has 0 bridgehead atoms. The lowest BCUT2D eigenvalue weighted by molar-refractivity contribution is 0.102. The second kappa shape index (κ2) is 7.74. The smallest absolute Gasteiger partial charge is 0.276 e. The quantitative estimate of drug-likeness (QED) is 0.698. The zero-order valence-electron chi connectivity index (χ0n) is 14.5. The maximum atomic E-state index is 13.6. The van der Waals surface area contributed by atoms with Gasteiger partial charge in [-0.2, -0.15) is 0 Å². The van der Waals surface area contributed by atoms with Crippen LogP contribution in [0.3, 0.4) is 0 Å². The molecule has 0 fully saturated rings. The summed E-state index contributed by atoms with van der Waals surface area (Å²) in [6.07, 6.45) is 0. The predicted octanol–water partition coefficient (Wildman–Crippen LogP) is 4.74. The van der Waals surface area contributed by atoms with Crippen LogP contribution in [0, 0.1) is 5.82 Å². The average Bonchev–Trinajstić information content (AvgIpc) is 2.64. The van der Waals surface area contributed by atoms with Gasteiger partial charge in [-0.1, -0.05) is 38.1 Å².